The number of anilines is 1. The lowest BCUT2D eigenvalue weighted by atomic mass is 9.95. The molecule has 0 radical (unpaired) electrons. The summed E-state index contributed by atoms with van der Waals surface area (Å²) < 4.78 is 6.32. The number of para-hydroxylation sites is 1. The van der Waals surface area contributed by atoms with E-state index in [1.54, 1.807) is 0 Å². The molecular formula is C43H28N4O. The average Bonchev–Trinajstić information content (AvgIpc) is 3.70. The van der Waals surface area contributed by atoms with Gasteiger partial charge in [0.25, 0.3) is 0 Å². The normalized spacial score (nSPS) is 13.1. The third kappa shape index (κ3) is 4.07. The molecular weight excluding hydrogens is 589 g/mol. The Bertz CT molecular complexity index is 2600. The van der Waals surface area contributed by atoms with Crippen LogP contribution in [0.2, 0.25) is 0 Å². The van der Waals surface area contributed by atoms with Crippen molar-refractivity contribution in [1.82, 2.24) is 15.0 Å². The van der Waals surface area contributed by atoms with Crippen molar-refractivity contribution in [3.63, 3.8) is 0 Å². The van der Waals surface area contributed by atoms with Gasteiger partial charge in [0.1, 0.15) is 5.58 Å². The minimum Gasteiger partial charge on any atom is -0.440 e. The van der Waals surface area contributed by atoms with Crippen molar-refractivity contribution in [1.29, 1.82) is 0 Å². The van der Waals surface area contributed by atoms with Gasteiger partial charge in [-0.2, -0.15) is 0 Å². The van der Waals surface area contributed by atoms with Gasteiger partial charge in [-0.3, -0.25) is 0 Å². The van der Waals surface area contributed by atoms with E-state index < -0.39 is 0 Å². The smallest absolute Gasteiger partial charge is 0.204 e. The first-order valence-corrected chi connectivity index (χ1v) is 16.2. The highest BCUT2D eigenvalue weighted by atomic mass is 16.4. The highest BCUT2D eigenvalue weighted by Gasteiger charge is 2.28. The van der Waals surface area contributed by atoms with Crippen LogP contribution in [0.5, 0.6) is 0 Å². The van der Waals surface area contributed by atoms with E-state index in [-0.39, 0.29) is 0 Å². The Morgan fingerprint density at radius 1 is 0.542 bits per heavy atom. The summed E-state index contributed by atoms with van der Waals surface area (Å²) in [5.74, 6) is 2.74. The van der Waals surface area contributed by atoms with Gasteiger partial charge in [0, 0.05) is 35.7 Å². The molecule has 5 nitrogen and oxygen atoms in total. The molecule has 0 saturated carbocycles. The van der Waals surface area contributed by atoms with Crippen LogP contribution in [0.3, 0.4) is 0 Å². The second-order valence-electron chi connectivity index (χ2n) is 12.5. The molecule has 1 aliphatic carbocycles. The molecule has 0 N–H and O–H groups in total. The fourth-order valence-electron chi connectivity index (χ4n) is 7.32. The number of rotatable bonds is 4. The van der Waals surface area contributed by atoms with Gasteiger partial charge < -0.3 is 9.32 Å². The summed E-state index contributed by atoms with van der Waals surface area (Å²) in [7, 11) is 2.05. The summed E-state index contributed by atoms with van der Waals surface area (Å²) in [5.41, 5.74) is 12.3. The van der Waals surface area contributed by atoms with Crippen LogP contribution in [0.15, 0.2) is 144 Å². The molecule has 0 saturated heterocycles. The number of benzene rings is 6. The third-order valence-electron chi connectivity index (χ3n) is 9.63. The topological polar surface area (TPSA) is 55.1 Å². The summed E-state index contributed by atoms with van der Waals surface area (Å²) in [6, 6.07) is 46.8. The fraction of sp³-hybridized carbons (Fsp3) is 0.0465. The molecule has 8 aromatic rings. The SMILES string of the molecule is CN1CC=C(c2nc(-c3ccccc3)nc(-c3ccc(-c4cc5c6c(cccc6c4)-c4ccccc4-5)cc3)n2)c2c1oc1ccccc21. The number of furan rings is 1. The zero-order chi connectivity index (χ0) is 31.8. The summed E-state index contributed by atoms with van der Waals surface area (Å²) in [6.07, 6.45) is 2.19. The van der Waals surface area contributed by atoms with E-state index in [0.717, 1.165) is 44.7 Å². The number of nitrogens with zero attached hydrogens (tertiary/aromatic N) is 4. The minimum atomic E-state index is 0.635. The first-order valence-electron chi connectivity index (χ1n) is 16.2. The van der Waals surface area contributed by atoms with Crippen LogP contribution in [-0.2, 0) is 0 Å². The molecule has 5 heteroatoms. The Morgan fingerprint density at radius 2 is 1.19 bits per heavy atom. The van der Waals surface area contributed by atoms with E-state index in [1.165, 1.54) is 38.6 Å². The Hall–Kier alpha value is -6.33. The van der Waals surface area contributed by atoms with Crippen molar-refractivity contribution in [3.8, 4) is 56.2 Å². The van der Waals surface area contributed by atoms with Gasteiger partial charge in [-0.15, -0.1) is 0 Å². The molecule has 0 bridgehead atoms. The number of hydrogen-bond acceptors (Lipinski definition) is 5. The molecule has 0 spiro atoms. The number of fused-ring (bicyclic) bond motifs is 6. The van der Waals surface area contributed by atoms with Gasteiger partial charge in [-0.25, -0.2) is 15.0 Å². The zero-order valence-electron chi connectivity index (χ0n) is 26.2. The Kier molecular flexibility index (Phi) is 5.78. The largest absolute Gasteiger partial charge is 0.440 e. The molecule has 10 rings (SSSR count). The molecule has 0 unspecified atom stereocenters. The second-order valence-corrected chi connectivity index (χ2v) is 12.5. The maximum Gasteiger partial charge on any atom is 0.204 e. The van der Waals surface area contributed by atoms with E-state index >= 15 is 0 Å². The van der Waals surface area contributed by atoms with Crippen molar-refractivity contribution in [2.75, 3.05) is 18.5 Å². The second kappa shape index (κ2) is 10.3. The van der Waals surface area contributed by atoms with Crippen LogP contribution in [0, 0.1) is 0 Å². The van der Waals surface area contributed by atoms with E-state index in [2.05, 4.69) is 95.9 Å². The Balaban J connectivity index is 1.09. The predicted molar refractivity (Wildman–Crippen MR) is 195 cm³/mol. The van der Waals surface area contributed by atoms with Gasteiger partial charge in [0.2, 0.25) is 5.88 Å². The van der Waals surface area contributed by atoms with Crippen molar-refractivity contribution >= 4 is 33.2 Å². The average molecular weight is 617 g/mol. The standard InChI is InChI=1S/C43H28N4O/c1-47-23-22-35(39-34-15-7-8-17-37(34)48-43(39)47)42-45-40(27-10-3-2-4-11-27)44-41(46-42)28-20-18-26(19-21-28)30-24-29-12-9-16-33-31-13-5-6-14-32(31)36(25-30)38(29)33/h2-22,24-25H,23H2,1H3. The van der Waals surface area contributed by atoms with Gasteiger partial charge >= 0.3 is 0 Å². The molecule has 2 aromatic heterocycles. The first-order chi connectivity index (χ1) is 23.7. The highest BCUT2D eigenvalue weighted by Crippen LogP contribution is 2.48. The van der Waals surface area contributed by atoms with Crippen LogP contribution >= 0.6 is 0 Å². The van der Waals surface area contributed by atoms with E-state index in [1.807, 2.05) is 55.6 Å². The molecule has 48 heavy (non-hydrogen) atoms. The maximum atomic E-state index is 6.32. The van der Waals surface area contributed by atoms with Crippen molar-refractivity contribution in [2.24, 2.45) is 0 Å². The van der Waals surface area contributed by atoms with Crippen LogP contribution in [0.1, 0.15) is 11.4 Å². The van der Waals surface area contributed by atoms with Crippen LogP contribution in [-0.4, -0.2) is 28.5 Å². The lowest BCUT2D eigenvalue weighted by molar-refractivity contribution is 0.601. The van der Waals surface area contributed by atoms with Gasteiger partial charge in [0.05, 0.1) is 5.56 Å². The molecule has 226 valence electrons. The van der Waals surface area contributed by atoms with Gasteiger partial charge in [-0.1, -0.05) is 121 Å². The minimum absolute atomic E-state index is 0.635. The number of likely N-dealkylation sites (N-methyl/N-ethyl adjacent to an activating group) is 1. The number of hydrogen-bond donors (Lipinski definition) is 0. The summed E-state index contributed by atoms with van der Waals surface area (Å²) in [4.78, 5) is 17.3. The highest BCUT2D eigenvalue weighted by molar-refractivity contribution is 6.16. The summed E-state index contributed by atoms with van der Waals surface area (Å²) in [5, 5.41) is 3.64. The van der Waals surface area contributed by atoms with Gasteiger partial charge in [-0.05, 0) is 62.4 Å². The molecule has 1 aliphatic heterocycles. The maximum absolute atomic E-state index is 6.32. The lowest BCUT2D eigenvalue weighted by Gasteiger charge is -2.22. The Labute approximate surface area is 277 Å². The Morgan fingerprint density at radius 3 is 2.00 bits per heavy atom. The van der Waals surface area contributed by atoms with Crippen molar-refractivity contribution in [3.05, 3.63) is 151 Å². The fourth-order valence-corrected chi connectivity index (χ4v) is 7.32. The molecule has 0 fully saturated rings. The molecule has 0 atom stereocenters. The first kappa shape index (κ1) is 26.8. The monoisotopic (exact) mass is 616 g/mol. The molecule has 6 aromatic carbocycles. The van der Waals surface area contributed by atoms with Crippen LogP contribution in [0.25, 0.3) is 83.5 Å². The predicted octanol–water partition coefficient (Wildman–Crippen LogP) is 10.3. The lowest BCUT2D eigenvalue weighted by Crippen LogP contribution is -2.21. The summed E-state index contributed by atoms with van der Waals surface area (Å²) >= 11 is 0. The van der Waals surface area contributed by atoms with Crippen LogP contribution in [0.4, 0.5) is 5.88 Å². The van der Waals surface area contributed by atoms with E-state index in [9.17, 15) is 0 Å². The molecule has 2 aliphatic rings. The number of aromatic nitrogens is 3. The van der Waals surface area contributed by atoms with E-state index in [0.29, 0.717) is 24.0 Å². The third-order valence-corrected chi connectivity index (χ3v) is 9.63. The van der Waals surface area contributed by atoms with Gasteiger partial charge in [0.15, 0.2) is 17.5 Å². The quantitative estimate of drug-likeness (QED) is 0.197. The van der Waals surface area contributed by atoms with Crippen molar-refractivity contribution < 1.29 is 4.42 Å². The summed E-state index contributed by atoms with van der Waals surface area (Å²) in [6.45, 7) is 0.693. The zero-order valence-corrected chi connectivity index (χ0v) is 26.2. The van der Waals surface area contributed by atoms with E-state index in [4.69, 9.17) is 19.4 Å². The van der Waals surface area contributed by atoms with Crippen molar-refractivity contribution in [2.45, 2.75) is 0 Å². The van der Waals surface area contributed by atoms with Crippen LogP contribution < -0.4 is 4.90 Å². The molecule has 3 heterocycles. The molecule has 0 amide bonds.